The molecular formula is C10H20. The molecular weight excluding hydrogens is 120 g/mol. The van der Waals surface area contributed by atoms with Gasteiger partial charge in [0.25, 0.3) is 0 Å². The van der Waals surface area contributed by atoms with Gasteiger partial charge in [0.2, 0.25) is 0 Å². The molecule has 0 aromatic carbocycles. The van der Waals surface area contributed by atoms with E-state index in [9.17, 15) is 0 Å². The van der Waals surface area contributed by atoms with Crippen LogP contribution in [0.15, 0.2) is 12.2 Å². The molecule has 10 heavy (non-hydrogen) atoms. The lowest BCUT2D eigenvalue weighted by Crippen LogP contribution is -2.13. The van der Waals surface area contributed by atoms with E-state index >= 15 is 0 Å². The summed E-state index contributed by atoms with van der Waals surface area (Å²) >= 11 is 0. The van der Waals surface area contributed by atoms with Crippen LogP contribution in [0.1, 0.15) is 41.0 Å². The Bertz CT molecular complexity index is 109. The molecule has 1 aliphatic carbocycles. The van der Waals surface area contributed by atoms with Crippen LogP contribution in [0.4, 0.5) is 0 Å². The predicted octanol–water partition coefficient (Wildman–Crippen LogP) is 3.63. The van der Waals surface area contributed by atoms with E-state index in [0.29, 0.717) is 5.41 Å². The van der Waals surface area contributed by atoms with E-state index in [0.717, 1.165) is 5.92 Å². The zero-order chi connectivity index (χ0) is 8.20. The van der Waals surface area contributed by atoms with Gasteiger partial charge in [0.05, 0.1) is 0 Å². The van der Waals surface area contributed by atoms with Crippen molar-refractivity contribution in [2.24, 2.45) is 11.3 Å². The van der Waals surface area contributed by atoms with Gasteiger partial charge in [-0.25, -0.2) is 0 Å². The summed E-state index contributed by atoms with van der Waals surface area (Å²) in [6, 6.07) is 0. The highest BCUT2D eigenvalue weighted by Gasteiger charge is 2.25. The van der Waals surface area contributed by atoms with Gasteiger partial charge in [-0.1, -0.05) is 46.8 Å². The predicted molar refractivity (Wildman–Crippen MR) is 48.1 cm³/mol. The highest BCUT2D eigenvalue weighted by molar-refractivity contribution is 5.03. The molecule has 1 rings (SSSR count). The van der Waals surface area contributed by atoms with Crippen molar-refractivity contribution in [3.05, 3.63) is 12.2 Å². The standard InChI is InChI=1S/C8H14.C2H6/c1-7-5-4-6-8(7,2)3;1-2/h4-5,7H,6H2,1-3H3;1-2H3. The van der Waals surface area contributed by atoms with E-state index in [1.165, 1.54) is 6.42 Å². The van der Waals surface area contributed by atoms with Crippen LogP contribution in [0.25, 0.3) is 0 Å². The third kappa shape index (κ3) is 2.17. The van der Waals surface area contributed by atoms with Gasteiger partial charge in [-0.2, -0.15) is 0 Å². The van der Waals surface area contributed by atoms with E-state index < -0.39 is 0 Å². The lowest BCUT2D eigenvalue weighted by atomic mass is 9.83. The van der Waals surface area contributed by atoms with E-state index in [2.05, 4.69) is 32.9 Å². The molecule has 0 radical (unpaired) electrons. The molecule has 0 nitrogen and oxygen atoms in total. The molecule has 0 saturated heterocycles. The first-order chi connectivity index (χ1) is 4.63. The molecule has 0 aliphatic heterocycles. The van der Waals surface area contributed by atoms with Gasteiger partial charge >= 0.3 is 0 Å². The maximum Gasteiger partial charge on any atom is -0.0208 e. The normalized spacial score (nSPS) is 27.5. The fourth-order valence-corrected chi connectivity index (χ4v) is 1.02. The average Bonchev–Trinajstić information content (AvgIpc) is 2.17. The molecule has 0 amide bonds. The maximum absolute atomic E-state index is 2.32. The highest BCUT2D eigenvalue weighted by atomic mass is 14.3. The van der Waals surface area contributed by atoms with Crippen molar-refractivity contribution >= 4 is 0 Å². The van der Waals surface area contributed by atoms with Crippen LogP contribution in [0.5, 0.6) is 0 Å². The zero-order valence-corrected chi connectivity index (χ0v) is 7.94. The van der Waals surface area contributed by atoms with Crippen molar-refractivity contribution in [1.82, 2.24) is 0 Å². The SMILES string of the molecule is CC.CC1C=CCC1(C)C. The monoisotopic (exact) mass is 140 g/mol. The van der Waals surface area contributed by atoms with Crippen LogP contribution < -0.4 is 0 Å². The Morgan fingerprint density at radius 1 is 1.30 bits per heavy atom. The smallest absolute Gasteiger partial charge is 0.0208 e. The number of allylic oxidation sites excluding steroid dienone is 2. The Morgan fingerprint density at radius 3 is 1.90 bits per heavy atom. The fourth-order valence-electron chi connectivity index (χ4n) is 1.02. The van der Waals surface area contributed by atoms with E-state index in [1.807, 2.05) is 13.8 Å². The van der Waals surface area contributed by atoms with Crippen LogP contribution >= 0.6 is 0 Å². The van der Waals surface area contributed by atoms with Gasteiger partial charge in [-0.15, -0.1) is 0 Å². The van der Waals surface area contributed by atoms with Gasteiger partial charge < -0.3 is 0 Å². The summed E-state index contributed by atoms with van der Waals surface area (Å²) in [6.45, 7) is 10.9. The molecule has 60 valence electrons. The molecule has 0 heterocycles. The van der Waals surface area contributed by atoms with E-state index in [4.69, 9.17) is 0 Å². The van der Waals surface area contributed by atoms with Crippen LogP contribution in [-0.2, 0) is 0 Å². The van der Waals surface area contributed by atoms with Gasteiger partial charge in [0.15, 0.2) is 0 Å². The Kier molecular flexibility index (Phi) is 3.70. The first kappa shape index (κ1) is 9.74. The van der Waals surface area contributed by atoms with Crippen molar-refractivity contribution in [3.63, 3.8) is 0 Å². The largest absolute Gasteiger partial charge is 0.0877 e. The Hall–Kier alpha value is -0.260. The second-order valence-corrected chi connectivity index (χ2v) is 3.41. The fraction of sp³-hybridized carbons (Fsp3) is 0.800. The number of hydrogen-bond acceptors (Lipinski definition) is 0. The van der Waals surface area contributed by atoms with Crippen LogP contribution in [0.2, 0.25) is 0 Å². The van der Waals surface area contributed by atoms with Gasteiger partial charge in [0, 0.05) is 0 Å². The van der Waals surface area contributed by atoms with Gasteiger partial charge in [-0.05, 0) is 17.8 Å². The summed E-state index contributed by atoms with van der Waals surface area (Å²) in [6.07, 6.45) is 5.85. The lowest BCUT2D eigenvalue weighted by Gasteiger charge is -2.22. The van der Waals surface area contributed by atoms with Crippen molar-refractivity contribution < 1.29 is 0 Å². The quantitative estimate of drug-likeness (QED) is 0.451. The second kappa shape index (κ2) is 3.80. The summed E-state index contributed by atoms with van der Waals surface area (Å²) in [5.74, 6) is 0.780. The molecule has 0 saturated carbocycles. The number of hydrogen-bond donors (Lipinski definition) is 0. The first-order valence-corrected chi connectivity index (χ1v) is 4.29. The van der Waals surface area contributed by atoms with Crippen LogP contribution in [0.3, 0.4) is 0 Å². The molecule has 1 aliphatic rings. The molecule has 0 heteroatoms. The third-order valence-electron chi connectivity index (χ3n) is 2.30. The minimum absolute atomic E-state index is 0.542. The summed E-state index contributed by atoms with van der Waals surface area (Å²) in [5, 5.41) is 0. The minimum Gasteiger partial charge on any atom is -0.0877 e. The van der Waals surface area contributed by atoms with Crippen LogP contribution in [-0.4, -0.2) is 0 Å². The maximum atomic E-state index is 2.32. The topological polar surface area (TPSA) is 0 Å². The van der Waals surface area contributed by atoms with E-state index in [-0.39, 0.29) is 0 Å². The minimum atomic E-state index is 0.542. The Labute approximate surface area is 65.3 Å². The zero-order valence-electron chi connectivity index (χ0n) is 7.94. The molecule has 0 fully saturated rings. The third-order valence-corrected chi connectivity index (χ3v) is 2.30. The second-order valence-electron chi connectivity index (χ2n) is 3.41. The summed E-state index contributed by atoms with van der Waals surface area (Å²) < 4.78 is 0. The molecule has 0 aromatic rings. The van der Waals surface area contributed by atoms with Crippen molar-refractivity contribution in [2.75, 3.05) is 0 Å². The molecule has 0 bridgehead atoms. The molecule has 0 N–H and O–H groups in total. The Balaban J connectivity index is 0.000000371. The molecule has 0 aromatic heterocycles. The molecule has 1 unspecified atom stereocenters. The number of rotatable bonds is 0. The van der Waals surface area contributed by atoms with Crippen molar-refractivity contribution in [3.8, 4) is 0 Å². The summed E-state index contributed by atoms with van der Waals surface area (Å²) in [7, 11) is 0. The molecule has 0 spiro atoms. The van der Waals surface area contributed by atoms with E-state index in [1.54, 1.807) is 0 Å². The van der Waals surface area contributed by atoms with Gasteiger partial charge in [-0.3, -0.25) is 0 Å². The first-order valence-electron chi connectivity index (χ1n) is 4.29. The van der Waals surface area contributed by atoms with Crippen LogP contribution in [0, 0.1) is 11.3 Å². The summed E-state index contributed by atoms with van der Waals surface area (Å²) in [4.78, 5) is 0. The lowest BCUT2D eigenvalue weighted by molar-refractivity contribution is 0.304. The summed E-state index contributed by atoms with van der Waals surface area (Å²) in [5.41, 5.74) is 0.542. The van der Waals surface area contributed by atoms with Gasteiger partial charge in [0.1, 0.15) is 0 Å². The Morgan fingerprint density at radius 2 is 1.80 bits per heavy atom. The molecule has 1 atom stereocenters. The highest BCUT2D eigenvalue weighted by Crippen LogP contribution is 2.36. The van der Waals surface area contributed by atoms with Crippen molar-refractivity contribution in [1.29, 1.82) is 0 Å². The average molecular weight is 140 g/mol. The van der Waals surface area contributed by atoms with Crippen molar-refractivity contribution in [2.45, 2.75) is 41.0 Å².